The van der Waals surface area contributed by atoms with Crippen LogP contribution < -0.4 is 0 Å². The van der Waals surface area contributed by atoms with E-state index in [1.165, 1.54) is 0 Å². The van der Waals surface area contributed by atoms with Crippen LogP contribution >= 0.6 is 0 Å². The highest BCUT2D eigenvalue weighted by atomic mass is 16.5. The third-order valence-corrected chi connectivity index (χ3v) is 8.27. The van der Waals surface area contributed by atoms with Gasteiger partial charge in [-0.05, 0) is 55.8 Å². The van der Waals surface area contributed by atoms with Crippen LogP contribution in [0.25, 0.3) is 0 Å². The van der Waals surface area contributed by atoms with Crippen molar-refractivity contribution in [3.05, 3.63) is 0 Å². The van der Waals surface area contributed by atoms with E-state index in [4.69, 9.17) is 4.74 Å². The maximum Gasteiger partial charge on any atom is 0.0942 e. The van der Waals surface area contributed by atoms with E-state index >= 15 is 0 Å². The predicted octanol–water partition coefficient (Wildman–Crippen LogP) is 2.88. The van der Waals surface area contributed by atoms with Gasteiger partial charge in [-0.1, -0.05) is 27.2 Å². The molecule has 0 radical (unpaired) electrons. The van der Waals surface area contributed by atoms with Crippen molar-refractivity contribution in [3.8, 4) is 0 Å². The molecule has 1 aliphatic heterocycles. The molecular weight excluding hydrogens is 304 g/mol. The van der Waals surface area contributed by atoms with Gasteiger partial charge in [-0.2, -0.15) is 0 Å². The van der Waals surface area contributed by atoms with E-state index in [2.05, 4.69) is 20.8 Å². The Morgan fingerprint density at radius 1 is 0.958 bits per heavy atom. The Balaban J connectivity index is 2.00. The topological polar surface area (TPSA) is 69.9 Å². The predicted molar refractivity (Wildman–Crippen MR) is 93.6 cm³/mol. The van der Waals surface area contributed by atoms with Crippen molar-refractivity contribution in [1.29, 1.82) is 0 Å². The lowest BCUT2D eigenvalue weighted by molar-refractivity contribution is -0.259. The Kier molecular flexibility index (Phi) is 4.83. The highest BCUT2D eigenvalue weighted by Crippen LogP contribution is 2.67. The molecule has 140 valence electrons. The first-order valence-corrected chi connectivity index (χ1v) is 9.84. The first kappa shape index (κ1) is 18.6. The summed E-state index contributed by atoms with van der Waals surface area (Å²) in [5.41, 5.74) is -0.802. The van der Waals surface area contributed by atoms with Crippen molar-refractivity contribution < 1.29 is 20.1 Å². The van der Waals surface area contributed by atoms with Gasteiger partial charge in [0.15, 0.2) is 0 Å². The van der Waals surface area contributed by atoms with Gasteiger partial charge < -0.3 is 20.1 Å². The van der Waals surface area contributed by atoms with Gasteiger partial charge in [0.25, 0.3) is 0 Å². The van der Waals surface area contributed by atoms with Gasteiger partial charge in [-0.15, -0.1) is 0 Å². The number of hydrogen-bond donors (Lipinski definition) is 3. The van der Waals surface area contributed by atoms with Crippen LogP contribution in [0.3, 0.4) is 0 Å². The molecule has 0 bridgehead atoms. The smallest absolute Gasteiger partial charge is 0.0942 e. The third kappa shape index (κ3) is 2.40. The molecule has 0 aromatic heterocycles. The van der Waals surface area contributed by atoms with Crippen molar-refractivity contribution in [3.63, 3.8) is 0 Å². The summed E-state index contributed by atoms with van der Waals surface area (Å²) in [6.07, 6.45) is 7.94. The van der Waals surface area contributed by atoms with Crippen LogP contribution in [0, 0.1) is 22.7 Å². The van der Waals surface area contributed by atoms with Gasteiger partial charge in [0.2, 0.25) is 0 Å². The average Bonchev–Trinajstić information content (AvgIpc) is 2.95. The lowest BCUT2D eigenvalue weighted by Crippen LogP contribution is -2.64. The number of fused-ring (bicyclic) bond motifs is 2. The molecular formula is C20H36O4. The molecule has 3 fully saturated rings. The van der Waals surface area contributed by atoms with Gasteiger partial charge in [0.05, 0.1) is 17.8 Å². The van der Waals surface area contributed by atoms with Crippen LogP contribution in [0.1, 0.15) is 72.1 Å². The Morgan fingerprint density at radius 3 is 2.33 bits per heavy atom. The number of aliphatic hydroxyl groups excluding tert-OH is 3. The quantitative estimate of drug-likeness (QED) is 0.736. The number of rotatable bonds is 4. The lowest BCUT2D eigenvalue weighted by Gasteiger charge is -2.64. The zero-order valence-corrected chi connectivity index (χ0v) is 15.7. The fourth-order valence-electron chi connectivity index (χ4n) is 6.77. The third-order valence-electron chi connectivity index (χ3n) is 8.27. The van der Waals surface area contributed by atoms with Crippen LogP contribution in [-0.2, 0) is 4.74 Å². The second-order valence-corrected chi connectivity index (χ2v) is 9.42. The highest BCUT2D eigenvalue weighted by Gasteiger charge is 2.67. The normalized spacial score (nSPS) is 51.8. The first-order valence-electron chi connectivity index (χ1n) is 9.84. The molecule has 2 aliphatic carbocycles. The standard InChI is InChI=1S/C20H36O4/c1-15-5-6-16-17(2,13-22)7-4-8-18(16,3)20(15)10-9-19(14-23,24-20)11-12-21/h15-16,21-23H,4-14H2,1-3H3. The van der Waals surface area contributed by atoms with Crippen LogP contribution in [0.5, 0.6) is 0 Å². The minimum Gasteiger partial charge on any atom is -0.396 e. The molecule has 4 heteroatoms. The number of aliphatic hydroxyl groups is 3. The van der Waals surface area contributed by atoms with Gasteiger partial charge in [-0.25, -0.2) is 0 Å². The van der Waals surface area contributed by atoms with E-state index in [0.29, 0.717) is 18.3 Å². The molecule has 2 saturated carbocycles. The maximum atomic E-state index is 10.1. The first-order chi connectivity index (χ1) is 11.3. The summed E-state index contributed by atoms with van der Waals surface area (Å²) in [4.78, 5) is 0. The summed E-state index contributed by atoms with van der Waals surface area (Å²) in [6.45, 7) is 7.23. The summed E-state index contributed by atoms with van der Waals surface area (Å²) in [6, 6.07) is 0. The van der Waals surface area contributed by atoms with Gasteiger partial charge >= 0.3 is 0 Å². The van der Waals surface area contributed by atoms with Crippen LogP contribution in [0.2, 0.25) is 0 Å². The zero-order valence-electron chi connectivity index (χ0n) is 15.7. The lowest BCUT2D eigenvalue weighted by atomic mass is 9.44. The minimum absolute atomic E-state index is 0.0138. The Morgan fingerprint density at radius 2 is 1.71 bits per heavy atom. The number of ether oxygens (including phenoxy) is 1. The average molecular weight is 341 g/mol. The number of hydrogen-bond acceptors (Lipinski definition) is 4. The van der Waals surface area contributed by atoms with Crippen molar-refractivity contribution in [1.82, 2.24) is 0 Å². The van der Waals surface area contributed by atoms with Crippen molar-refractivity contribution >= 4 is 0 Å². The minimum atomic E-state index is -0.582. The Hall–Kier alpha value is -0.160. The molecule has 0 aromatic carbocycles. The highest BCUT2D eigenvalue weighted by molar-refractivity contribution is 5.16. The summed E-state index contributed by atoms with van der Waals surface area (Å²) in [7, 11) is 0. The molecule has 3 N–H and O–H groups in total. The van der Waals surface area contributed by atoms with Crippen molar-refractivity contribution in [2.45, 2.75) is 83.3 Å². The molecule has 0 aromatic rings. The van der Waals surface area contributed by atoms with E-state index in [1.807, 2.05) is 0 Å². The van der Waals surface area contributed by atoms with Crippen LogP contribution in [0.15, 0.2) is 0 Å². The molecule has 1 saturated heterocycles. The second kappa shape index (κ2) is 6.22. The summed E-state index contributed by atoms with van der Waals surface area (Å²) < 4.78 is 6.80. The Bertz CT molecular complexity index is 469. The van der Waals surface area contributed by atoms with E-state index in [9.17, 15) is 15.3 Å². The molecule has 1 spiro atoms. The summed E-state index contributed by atoms with van der Waals surface area (Å²) >= 11 is 0. The van der Waals surface area contributed by atoms with Gasteiger partial charge in [0.1, 0.15) is 0 Å². The SMILES string of the molecule is CC1CCC2C(C)(CO)CCCC2(C)C12CCC(CO)(CCO)O2. The molecule has 1 heterocycles. The van der Waals surface area contributed by atoms with E-state index in [1.54, 1.807) is 0 Å². The zero-order chi connectivity index (χ0) is 17.6. The van der Waals surface area contributed by atoms with E-state index in [-0.39, 0.29) is 36.3 Å². The van der Waals surface area contributed by atoms with Crippen LogP contribution in [0.4, 0.5) is 0 Å². The molecule has 24 heavy (non-hydrogen) atoms. The molecule has 3 rings (SSSR count). The largest absolute Gasteiger partial charge is 0.396 e. The fourth-order valence-corrected chi connectivity index (χ4v) is 6.77. The van der Waals surface area contributed by atoms with Crippen molar-refractivity contribution in [2.24, 2.45) is 22.7 Å². The van der Waals surface area contributed by atoms with Gasteiger partial charge in [-0.3, -0.25) is 0 Å². The van der Waals surface area contributed by atoms with E-state index in [0.717, 1.165) is 44.9 Å². The fraction of sp³-hybridized carbons (Fsp3) is 1.00. The molecule has 4 nitrogen and oxygen atoms in total. The Labute approximate surface area is 146 Å². The molecule has 3 aliphatic rings. The second-order valence-electron chi connectivity index (χ2n) is 9.42. The van der Waals surface area contributed by atoms with Crippen molar-refractivity contribution in [2.75, 3.05) is 19.8 Å². The maximum absolute atomic E-state index is 10.1. The van der Waals surface area contributed by atoms with Crippen LogP contribution in [-0.4, -0.2) is 46.3 Å². The molecule has 6 unspecified atom stereocenters. The van der Waals surface area contributed by atoms with Gasteiger partial charge in [0, 0.05) is 25.0 Å². The van der Waals surface area contributed by atoms with E-state index < -0.39 is 5.60 Å². The molecule has 6 atom stereocenters. The molecule has 0 amide bonds. The summed E-state index contributed by atoms with van der Waals surface area (Å²) in [5, 5.41) is 29.6. The monoisotopic (exact) mass is 340 g/mol. The summed E-state index contributed by atoms with van der Waals surface area (Å²) in [5.74, 6) is 0.912.